The van der Waals surface area contributed by atoms with Crippen LogP contribution < -0.4 is 5.32 Å². The molecular weight excluding hydrogens is 392 g/mol. The van der Waals surface area contributed by atoms with Gasteiger partial charge in [0.05, 0.1) is 13.0 Å². The number of carbonyl (C=O) groups is 3. The van der Waals surface area contributed by atoms with Crippen molar-refractivity contribution in [2.24, 2.45) is 0 Å². The topological polar surface area (TPSA) is 75.7 Å². The van der Waals surface area contributed by atoms with Gasteiger partial charge in [-0.2, -0.15) is 0 Å². The molecule has 2 amide bonds. The van der Waals surface area contributed by atoms with Crippen LogP contribution in [0.25, 0.3) is 0 Å². The van der Waals surface area contributed by atoms with Gasteiger partial charge in [-0.05, 0) is 42.7 Å². The molecule has 0 unspecified atom stereocenters. The van der Waals surface area contributed by atoms with Crippen LogP contribution in [-0.2, 0) is 20.7 Å². The van der Waals surface area contributed by atoms with E-state index < -0.39 is 0 Å². The molecule has 0 bridgehead atoms. The van der Waals surface area contributed by atoms with E-state index in [0.29, 0.717) is 24.3 Å². The normalized spacial score (nSPS) is 10.4. The molecule has 1 N–H and O–H groups in total. The zero-order chi connectivity index (χ0) is 22.5. The van der Waals surface area contributed by atoms with Crippen LogP contribution >= 0.6 is 0 Å². The van der Waals surface area contributed by atoms with Crippen LogP contribution in [0, 0.1) is 0 Å². The third-order valence-electron chi connectivity index (χ3n) is 4.74. The first-order valence-electron chi connectivity index (χ1n) is 10.9. The van der Waals surface area contributed by atoms with Crippen molar-refractivity contribution in [2.45, 2.75) is 46.0 Å². The minimum atomic E-state index is -0.390. The Morgan fingerprint density at radius 1 is 0.871 bits per heavy atom. The fourth-order valence-electron chi connectivity index (χ4n) is 3.17. The monoisotopic (exact) mass is 424 g/mol. The molecular formula is C25H32N2O4. The molecule has 31 heavy (non-hydrogen) atoms. The highest BCUT2D eigenvalue weighted by atomic mass is 16.5. The number of ether oxygens (including phenoxy) is 1. The fraction of sp³-hybridized carbons (Fsp3) is 0.400. The van der Waals surface area contributed by atoms with Gasteiger partial charge in [-0.15, -0.1) is 0 Å². The highest BCUT2D eigenvalue weighted by Gasteiger charge is 2.14. The first-order chi connectivity index (χ1) is 15.0. The van der Waals surface area contributed by atoms with Crippen LogP contribution in [0.3, 0.4) is 0 Å². The van der Waals surface area contributed by atoms with E-state index in [0.717, 1.165) is 31.5 Å². The second-order valence-electron chi connectivity index (χ2n) is 7.37. The van der Waals surface area contributed by atoms with Crippen molar-refractivity contribution in [2.75, 3.05) is 25.0 Å². The van der Waals surface area contributed by atoms with Gasteiger partial charge >= 0.3 is 5.97 Å². The van der Waals surface area contributed by atoms with Gasteiger partial charge in [-0.3, -0.25) is 14.4 Å². The standard InChI is InChI=1S/C25H32N2O4/c1-3-17-27(18-4-2)25(30)21-10-12-22(13-11-21)26-23(28)14-15-24(29)31-19-16-20-8-6-5-7-9-20/h5-13H,3-4,14-19H2,1-2H3,(H,26,28). The summed E-state index contributed by atoms with van der Waals surface area (Å²) < 4.78 is 5.19. The molecule has 0 saturated carbocycles. The number of benzene rings is 2. The second-order valence-corrected chi connectivity index (χ2v) is 7.37. The van der Waals surface area contributed by atoms with Gasteiger partial charge in [0.2, 0.25) is 5.91 Å². The molecule has 6 heteroatoms. The highest BCUT2D eigenvalue weighted by Crippen LogP contribution is 2.13. The summed E-state index contributed by atoms with van der Waals surface area (Å²) in [6.45, 7) is 5.85. The van der Waals surface area contributed by atoms with Crippen LogP contribution in [0.5, 0.6) is 0 Å². The summed E-state index contributed by atoms with van der Waals surface area (Å²) in [5.74, 6) is -0.656. The lowest BCUT2D eigenvalue weighted by Crippen LogP contribution is -2.32. The van der Waals surface area contributed by atoms with Gasteiger partial charge in [-0.1, -0.05) is 44.2 Å². The molecule has 2 aromatic rings. The molecule has 0 aliphatic carbocycles. The van der Waals surface area contributed by atoms with E-state index >= 15 is 0 Å². The van der Waals surface area contributed by atoms with E-state index in [-0.39, 0.29) is 30.6 Å². The number of hydrogen-bond donors (Lipinski definition) is 1. The first-order valence-corrected chi connectivity index (χ1v) is 10.9. The maximum atomic E-state index is 12.6. The summed E-state index contributed by atoms with van der Waals surface area (Å²) in [4.78, 5) is 38.4. The molecule has 0 radical (unpaired) electrons. The van der Waals surface area contributed by atoms with E-state index in [2.05, 4.69) is 5.32 Å². The first kappa shape index (κ1) is 24.1. The van der Waals surface area contributed by atoms with Crippen LogP contribution in [-0.4, -0.2) is 42.4 Å². The molecule has 2 rings (SSSR count). The van der Waals surface area contributed by atoms with Crippen molar-refractivity contribution in [1.82, 2.24) is 4.90 Å². The lowest BCUT2D eigenvalue weighted by Gasteiger charge is -2.21. The van der Waals surface area contributed by atoms with Crippen molar-refractivity contribution in [1.29, 1.82) is 0 Å². The number of nitrogens with one attached hydrogen (secondary N) is 1. The number of nitrogens with zero attached hydrogens (tertiary/aromatic N) is 1. The smallest absolute Gasteiger partial charge is 0.306 e. The summed E-state index contributed by atoms with van der Waals surface area (Å²) in [5, 5.41) is 2.75. The Morgan fingerprint density at radius 3 is 2.13 bits per heavy atom. The van der Waals surface area contributed by atoms with Crippen molar-refractivity contribution in [3.05, 3.63) is 65.7 Å². The number of rotatable bonds is 12. The number of hydrogen-bond acceptors (Lipinski definition) is 4. The SMILES string of the molecule is CCCN(CCC)C(=O)c1ccc(NC(=O)CCC(=O)OCCc2ccccc2)cc1. The van der Waals surface area contributed by atoms with E-state index in [1.54, 1.807) is 24.3 Å². The highest BCUT2D eigenvalue weighted by molar-refractivity contribution is 5.96. The zero-order valence-electron chi connectivity index (χ0n) is 18.4. The van der Waals surface area contributed by atoms with E-state index in [4.69, 9.17) is 4.74 Å². The fourth-order valence-corrected chi connectivity index (χ4v) is 3.17. The average Bonchev–Trinajstić information content (AvgIpc) is 2.78. The molecule has 0 heterocycles. The third-order valence-corrected chi connectivity index (χ3v) is 4.74. The molecule has 0 fully saturated rings. The molecule has 2 aromatic carbocycles. The quantitative estimate of drug-likeness (QED) is 0.511. The van der Waals surface area contributed by atoms with Crippen molar-refractivity contribution < 1.29 is 19.1 Å². The lowest BCUT2D eigenvalue weighted by molar-refractivity contribution is -0.144. The maximum Gasteiger partial charge on any atom is 0.306 e. The Labute approximate surface area is 184 Å². The number of anilines is 1. The van der Waals surface area contributed by atoms with Crippen molar-refractivity contribution in [3.8, 4) is 0 Å². The molecule has 166 valence electrons. The van der Waals surface area contributed by atoms with E-state index in [1.807, 2.05) is 49.1 Å². The van der Waals surface area contributed by atoms with Gasteiger partial charge in [0.25, 0.3) is 5.91 Å². The largest absolute Gasteiger partial charge is 0.465 e. The van der Waals surface area contributed by atoms with Crippen LogP contribution in [0.15, 0.2) is 54.6 Å². The van der Waals surface area contributed by atoms with Crippen LogP contribution in [0.2, 0.25) is 0 Å². The number of amides is 2. The minimum absolute atomic E-state index is 0.000162. The average molecular weight is 425 g/mol. The zero-order valence-corrected chi connectivity index (χ0v) is 18.4. The van der Waals surface area contributed by atoms with Gasteiger partial charge in [-0.25, -0.2) is 0 Å². The Balaban J connectivity index is 1.74. The Morgan fingerprint density at radius 2 is 1.52 bits per heavy atom. The van der Waals surface area contributed by atoms with Crippen LogP contribution in [0.4, 0.5) is 5.69 Å². The third kappa shape index (κ3) is 8.62. The number of carbonyl (C=O) groups excluding carboxylic acids is 3. The van der Waals surface area contributed by atoms with Gasteiger partial charge in [0, 0.05) is 37.2 Å². The van der Waals surface area contributed by atoms with Gasteiger partial charge in [0.15, 0.2) is 0 Å². The summed E-state index contributed by atoms with van der Waals surface area (Å²) in [6, 6.07) is 16.6. The predicted octanol–water partition coefficient (Wildman–Crippen LogP) is 4.45. The Bertz CT molecular complexity index is 828. The molecule has 0 spiro atoms. The van der Waals surface area contributed by atoms with Gasteiger partial charge in [0.1, 0.15) is 0 Å². The molecule has 0 atom stereocenters. The van der Waals surface area contributed by atoms with Crippen molar-refractivity contribution in [3.63, 3.8) is 0 Å². The summed E-state index contributed by atoms with van der Waals surface area (Å²) in [6.07, 6.45) is 2.55. The summed E-state index contributed by atoms with van der Waals surface area (Å²) in [5.41, 5.74) is 2.29. The molecule has 0 aromatic heterocycles. The summed E-state index contributed by atoms with van der Waals surface area (Å²) in [7, 11) is 0. The summed E-state index contributed by atoms with van der Waals surface area (Å²) >= 11 is 0. The van der Waals surface area contributed by atoms with E-state index in [9.17, 15) is 14.4 Å². The second kappa shape index (κ2) is 13.2. The maximum absolute atomic E-state index is 12.6. The number of esters is 1. The lowest BCUT2D eigenvalue weighted by atomic mass is 10.1. The Kier molecular flexibility index (Phi) is 10.3. The Hall–Kier alpha value is -3.15. The predicted molar refractivity (Wildman–Crippen MR) is 122 cm³/mol. The molecule has 6 nitrogen and oxygen atoms in total. The van der Waals surface area contributed by atoms with Crippen molar-refractivity contribution >= 4 is 23.5 Å². The molecule has 0 saturated heterocycles. The molecule has 0 aliphatic rings. The van der Waals surface area contributed by atoms with Crippen LogP contribution in [0.1, 0.15) is 55.5 Å². The minimum Gasteiger partial charge on any atom is -0.465 e. The van der Waals surface area contributed by atoms with Gasteiger partial charge < -0.3 is 15.0 Å². The molecule has 0 aliphatic heterocycles. The van der Waals surface area contributed by atoms with E-state index in [1.165, 1.54) is 0 Å².